The summed E-state index contributed by atoms with van der Waals surface area (Å²) in [5.41, 5.74) is 4.06. The van der Waals surface area contributed by atoms with Crippen LogP contribution in [0.3, 0.4) is 0 Å². The van der Waals surface area contributed by atoms with E-state index in [4.69, 9.17) is 9.47 Å². The van der Waals surface area contributed by atoms with Crippen molar-refractivity contribution in [1.82, 2.24) is 0 Å². The third kappa shape index (κ3) is 5.18. The fourth-order valence-corrected chi connectivity index (χ4v) is 4.23. The zero-order chi connectivity index (χ0) is 22.4. The Balaban J connectivity index is 1.27. The maximum Gasteiger partial charge on any atom is 0.312 e. The third-order valence-corrected chi connectivity index (χ3v) is 6.28. The van der Waals surface area contributed by atoms with Crippen molar-refractivity contribution in [3.8, 4) is 16.9 Å². The standard InChI is InChI=1S/C28H29FO3/c1-2-31-27(30)28(17-3-18-28)20-22-6-14-26(15-7-22)32-19-16-21-4-8-23(9-5-21)24-10-12-25(29)13-11-24/h4-15H,2-3,16-20H2,1H3. The lowest BCUT2D eigenvalue weighted by Gasteiger charge is -2.39. The Morgan fingerprint density at radius 2 is 1.47 bits per heavy atom. The minimum atomic E-state index is -0.335. The van der Waals surface area contributed by atoms with Gasteiger partial charge in [-0.25, -0.2) is 4.39 Å². The van der Waals surface area contributed by atoms with E-state index in [9.17, 15) is 9.18 Å². The number of hydrogen-bond donors (Lipinski definition) is 0. The predicted octanol–water partition coefficient (Wildman–Crippen LogP) is 6.39. The van der Waals surface area contributed by atoms with Crippen molar-refractivity contribution < 1.29 is 18.7 Å². The van der Waals surface area contributed by atoms with Gasteiger partial charge in [-0.05, 0) is 72.7 Å². The Morgan fingerprint density at radius 1 is 0.875 bits per heavy atom. The predicted molar refractivity (Wildman–Crippen MR) is 124 cm³/mol. The highest BCUT2D eigenvalue weighted by Crippen LogP contribution is 2.45. The summed E-state index contributed by atoms with van der Waals surface area (Å²) in [5.74, 6) is 0.546. The molecule has 0 unspecified atom stereocenters. The van der Waals surface area contributed by atoms with Gasteiger partial charge in [0.05, 0.1) is 18.6 Å². The van der Waals surface area contributed by atoms with Gasteiger partial charge in [0.2, 0.25) is 0 Å². The molecule has 3 aromatic carbocycles. The maximum absolute atomic E-state index is 13.1. The first-order chi connectivity index (χ1) is 15.6. The van der Waals surface area contributed by atoms with Gasteiger partial charge < -0.3 is 9.47 Å². The summed E-state index contributed by atoms with van der Waals surface area (Å²) >= 11 is 0. The molecule has 0 bridgehead atoms. The van der Waals surface area contributed by atoms with Crippen molar-refractivity contribution in [3.05, 3.63) is 89.7 Å². The topological polar surface area (TPSA) is 35.5 Å². The molecule has 1 saturated carbocycles. The summed E-state index contributed by atoms with van der Waals surface area (Å²) in [6, 6.07) is 22.8. The Bertz CT molecular complexity index is 1020. The van der Waals surface area contributed by atoms with Crippen molar-refractivity contribution in [2.24, 2.45) is 5.41 Å². The van der Waals surface area contributed by atoms with Gasteiger partial charge in [0.1, 0.15) is 11.6 Å². The molecule has 0 heterocycles. The Kier molecular flexibility index (Phi) is 6.89. The molecule has 4 heteroatoms. The highest BCUT2D eigenvalue weighted by atomic mass is 19.1. The molecule has 0 aromatic heterocycles. The highest BCUT2D eigenvalue weighted by Gasteiger charge is 2.45. The summed E-state index contributed by atoms with van der Waals surface area (Å²) in [5, 5.41) is 0. The lowest BCUT2D eigenvalue weighted by atomic mass is 9.65. The molecule has 3 nitrogen and oxygen atoms in total. The van der Waals surface area contributed by atoms with Crippen LogP contribution in [-0.4, -0.2) is 19.2 Å². The first kappa shape index (κ1) is 22.1. The minimum Gasteiger partial charge on any atom is -0.493 e. The van der Waals surface area contributed by atoms with Crippen LogP contribution in [0.2, 0.25) is 0 Å². The van der Waals surface area contributed by atoms with E-state index in [0.29, 0.717) is 13.2 Å². The van der Waals surface area contributed by atoms with E-state index in [2.05, 4.69) is 24.3 Å². The molecule has 0 spiro atoms. The zero-order valence-electron chi connectivity index (χ0n) is 18.5. The lowest BCUT2D eigenvalue weighted by molar-refractivity contribution is -0.161. The Morgan fingerprint density at radius 3 is 2.03 bits per heavy atom. The zero-order valence-corrected chi connectivity index (χ0v) is 18.5. The molecule has 4 rings (SSSR count). The maximum atomic E-state index is 13.1. The van der Waals surface area contributed by atoms with E-state index < -0.39 is 0 Å². The van der Waals surface area contributed by atoms with Crippen molar-refractivity contribution in [2.45, 2.75) is 39.0 Å². The van der Waals surface area contributed by atoms with E-state index in [1.807, 2.05) is 31.2 Å². The molecule has 0 saturated heterocycles. The number of hydrogen-bond acceptors (Lipinski definition) is 3. The van der Waals surface area contributed by atoms with Gasteiger partial charge in [-0.2, -0.15) is 0 Å². The number of rotatable bonds is 9. The van der Waals surface area contributed by atoms with Gasteiger partial charge in [-0.1, -0.05) is 55.0 Å². The SMILES string of the molecule is CCOC(=O)C1(Cc2ccc(OCCc3ccc(-c4ccc(F)cc4)cc3)cc2)CCC1. The van der Waals surface area contributed by atoms with Crippen molar-refractivity contribution in [2.75, 3.05) is 13.2 Å². The molecule has 0 atom stereocenters. The van der Waals surface area contributed by atoms with E-state index >= 15 is 0 Å². The molecule has 1 aliphatic rings. The van der Waals surface area contributed by atoms with Crippen LogP contribution >= 0.6 is 0 Å². The molecule has 0 aliphatic heterocycles. The van der Waals surface area contributed by atoms with Crippen LogP contribution in [0, 0.1) is 11.2 Å². The van der Waals surface area contributed by atoms with Gasteiger partial charge in [-0.3, -0.25) is 4.79 Å². The summed E-state index contributed by atoms with van der Waals surface area (Å²) in [4.78, 5) is 12.3. The fraction of sp³-hybridized carbons (Fsp3) is 0.321. The first-order valence-electron chi connectivity index (χ1n) is 11.3. The second-order valence-electron chi connectivity index (χ2n) is 8.48. The van der Waals surface area contributed by atoms with Crippen LogP contribution in [0.25, 0.3) is 11.1 Å². The van der Waals surface area contributed by atoms with Gasteiger partial charge in [-0.15, -0.1) is 0 Å². The molecular formula is C28H29FO3. The normalized spacial score (nSPS) is 14.4. The highest BCUT2D eigenvalue weighted by molar-refractivity contribution is 5.78. The number of esters is 1. The van der Waals surface area contributed by atoms with E-state index in [1.165, 1.54) is 17.7 Å². The largest absolute Gasteiger partial charge is 0.493 e. The van der Waals surface area contributed by atoms with E-state index in [1.54, 1.807) is 12.1 Å². The smallest absolute Gasteiger partial charge is 0.312 e. The number of halogens is 1. The van der Waals surface area contributed by atoms with Crippen LogP contribution in [0.4, 0.5) is 4.39 Å². The van der Waals surface area contributed by atoms with Crippen molar-refractivity contribution in [1.29, 1.82) is 0 Å². The van der Waals surface area contributed by atoms with E-state index in [-0.39, 0.29) is 17.2 Å². The number of carbonyl (C=O) groups excluding carboxylic acids is 1. The van der Waals surface area contributed by atoms with Crippen LogP contribution in [-0.2, 0) is 22.4 Å². The molecular weight excluding hydrogens is 403 g/mol. The second-order valence-corrected chi connectivity index (χ2v) is 8.48. The van der Waals surface area contributed by atoms with Gasteiger partial charge >= 0.3 is 5.97 Å². The number of carbonyl (C=O) groups is 1. The molecule has 3 aromatic rings. The van der Waals surface area contributed by atoms with Gasteiger partial charge in [0.25, 0.3) is 0 Å². The van der Waals surface area contributed by atoms with Crippen LogP contribution < -0.4 is 4.74 Å². The van der Waals surface area contributed by atoms with Gasteiger partial charge in [0.15, 0.2) is 0 Å². The Labute approximate surface area is 189 Å². The first-order valence-corrected chi connectivity index (χ1v) is 11.3. The fourth-order valence-electron chi connectivity index (χ4n) is 4.23. The van der Waals surface area contributed by atoms with E-state index in [0.717, 1.165) is 54.5 Å². The summed E-state index contributed by atoms with van der Waals surface area (Å²) in [6.07, 6.45) is 4.43. The second kappa shape index (κ2) is 9.99. The van der Waals surface area contributed by atoms with Crippen LogP contribution in [0.1, 0.15) is 37.3 Å². The quantitative estimate of drug-likeness (QED) is 0.368. The number of benzene rings is 3. The van der Waals surface area contributed by atoms with Gasteiger partial charge in [0, 0.05) is 6.42 Å². The van der Waals surface area contributed by atoms with Crippen LogP contribution in [0.15, 0.2) is 72.8 Å². The molecule has 0 amide bonds. The molecule has 1 aliphatic carbocycles. The third-order valence-electron chi connectivity index (χ3n) is 6.28. The average molecular weight is 433 g/mol. The summed E-state index contributed by atoms with van der Waals surface area (Å²) in [6.45, 7) is 2.88. The van der Waals surface area contributed by atoms with Crippen molar-refractivity contribution in [3.63, 3.8) is 0 Å². The summed E-state index contributed by atoms with van der Waals surface area (Å²) in [7, 11) is 0. The molecule has 166 valence electrons. The molecule has 32 heavy (non-hydrogen) atoms. The molecule has 0 N–H and O–H groups in total. The Hall–Kier alpha value is -3.14. The molecule has 0 radical (unpaired) electrons. The molecule has 1 fully saturated rings. The minimum absolute atomic E-state index is 0.0583. The lowest BCUT2D eigenvalue weighted by Crippen LogP contribution is -2.41. The van der Waals surface area contributed by atoms with Crippen LogP contribution in [0.5, 0.6) is 5.75 Å². The average Bonchev–Trinajstić information content (AvgIpc) is 2.78. The number of ether oxygens (including phenoxy) is 2. The van der Waals surface area contributed by atoms with Crippen molar-refractivity contribution >= 4 is 5.97 Å². The monoisotopic (exact) mass is 432 g/mol. The summed E-state index contributed by atoms with van der Waals surface area (Å²) < 4.78 is 24.3.